The summed E-state index contributed by atoms with van der Waals surface area (Å²) in [5, 5.41) is 9.51. The normalized spacial score (nSPS) is 10.5. The van der Waals surface area contributed by atoms with E-state index in [9.17, 15) is 4.79 Å². The van der Waals surface area contributed by atoms with Crippen molar-refractivity contribution < 1.29 is 9.90 Å². The van der Waals surface area contributed by atoms with Crippen LogP contribution in [0.2, 0.25) is 5.02 Å². The Morgan fingerprint density at radius 1 is 1.15 bits per heavy atom. The van der Waals surface area contributed by atoms with Gasteiger partial charge < -0.3 is 5.11 Å². The molecule has 0 aliphatic carbocycles. The van der Waals surface area contributed by atoms with Crippen molar-refractivity contribution in [1.82, 2.24) is 9.97 Å². The van der Waals surface area contributed by atoms with Gasteiger partial charge in [0.15, 0.2) is 5.78 Å². The molecule has 0 amide bonds. The summed E-state index contributed by atoms with van der Waals surface area (Å²) in [6.07, 6.45) is 5.38. The average Bonchev–Trinajstić information content (AvgIpc) is 2.49. The van der Waals surface area contributed by atoms with E-state index in [4.69, 9.17) is 16.7 Å². The first-order chi connectivity index (χ1) is 9.70. The number of aliphatic hydroxyl groups excluding tert-OH is 1. The second-order valence-electron chi connectivity index (χ2n) is 4.41. The maximum Gasteiger partial charge on any atom is 0.191 e. The molecule has 0 fully saturated rings. The summed E-state index contributed by atoms with van der Waals surface area (Å²) in [6.45, 7) is -0.519. The molecule has 1 aromatic heterocycles. The Labute approximate surface area is 122 Å². The van der Waals surface area contributed by atoms with Crippen LogP contribution in [0.4, 0.5) is 0 Å². The number of aliphatic hydroxyl groups is 1. The zero-order valence-electron chi connectivity index (χ0n) is 10.9. The molecule has 0 unspecified atom stereocenters. The molecule has 0 saturated heterocycles. The highest BCUT2D eigenvalue weighted by atomic mass is 35.5. The number of carbonyl (C=O) groups excluding carboxylic acids is 1. The number of aryl methyl sites for hydroxylation is 2. The first-order valence-electron chi connectivity index (χ1n) is 6.39. The quantitative estimate of drug-likeness (QED) is 0.830. The Morgan fingerprint density at radius 3 is 2.50 bits per heavy atom. The lowest BCUT2D eigenvalue weighted by molar-refractivity contribution is 0.0903. The minimum atomic E-state index is -0.519. The third kappa shape index (κ3) is 3.85. The highest BCUT2D eigenvalue weighted by Gasteiger charge is 2.06. The van der Waals surface area contributed by atoms with E-state index in [0.29, 0.717) is 11.4 Å². The monoisotopic (exact) mass is 290 g/mol. The van der Waals surface area contributed by atoms with Crippen molar-refractivity contribution >= 4 is 17.4 Å². The van der Waals surface area contributed by atoms with E-state index >= 15 is 0 Å². The molecular weight excluding hydrogens is 276 g/mol. The van der Waals surface area contributed by atoms with Gasteiger partial charge in [0.1, 0.15) is 12.4 Å². The SMILES string of the molecule is O=C(CO)c1cnc(CCCc2ccccc2Cl)nc1. The van der Waals surface area contributed by atoms with Gasteiger partial charge in [0.05, 0.1) is 5.56 Å². The number of halogens is 1. The number of hydrogen-bond donors (Lipinski definition) is 1. The van der Waals surface area contributed by atoms with Gasteiger partial charge in [-0.05, 0) is 24.5 Å². The van der Waals surface area contributed by atoms with Crippen LogP contribution in [0, 0.1) is 0 Å². The molecule has 5 heteroatoms. The third-order valence-electron chi connectivity index (χ3n) is 2.98. The van der Waals surface area contributed by atoms with Gasteiger partial charge in [-0.25, -0.2) is 9.97 Å². The minimum Gasteiger partial charge on any atom is -0.388 e. The highest BCUT2D eigenvalue weighted by Crippen LogP contribution is 2.17. The lowest BCUT2D eigenvalue weighted by atomic mass is 10.1. The lowest BCUT2D eigenvalue weighted by Crippen LogP contribution is -2.07. The number of Topliss-reactive ketones (excluding diaryl/α,β-unsaturated/α-hetero) is 1. The lowest BCUT2D eigenvalue weighted by Gasteiger charge is -2.04. The molecule has 0 aliphatic heterocycles. The van der Waals surface area contributed by atoms with Gasteiger partial charge in [0.25, 0.3) is 0 Å². The van der Waals surface area contributed by atoms with Crippen LogP contribution in [-0.4, -0.2) is 27.5 Å². The number of rotatable bonds is 6. The summed E-state index contributed by atoms with van der Waals surface area (Å²) in [7, 11) is 0. The van der Waals surface area contributed by atoms with Crippen LogP contribution in [0.5, 0.6) is 0 Å². The molecule has 4 nitrogen and oxygen atoms in total. The Morgan fingerprint density at radius 2 is 1.85 bits per heavy atom. The minimum absolute atomic E-state index is 0.336. The fraction of sp³-hybridized carbons (Fsp3) is 0.267. The van der Waals surface area contributed by atoms with Crippen LogP contribution in [0.15, 0.2) is 36.7 Å². The van der Waals surface area contributed by atoms with Crippen LogP contribution < -0.4 is 0 Å². The predicted octanol–water partition coefficient (Wildman–Crippen LogP) is 2.48. The molecule has 0 spiro atoms. The van der Waals surface area contributed by atoms with Crippen LogP contribution >= 0.6 is 11.6 Å². The van der Waals surface area contributed by atoms with Crippen LogP contribution in [-0.2, 0) is 12.8 Å². The molecule has 0 saturated carbocycles. The number of ketones is 1. The van der Waals surface area contributed by atoms with E-state index in [2.05, 4.69) is 9.97 Å². The molecule has 1 N–H and O–H groups in total. The van der Waals surface area contributed by atoms with Crippen molar-refractivity contribution in [2.24, 2.45) is 0 Å². The number of benzene rings is 1. The van der Waals surface area contributed by atoms with Crippen molar-refractivity contribution in [1.29, 1.82) is 0 Å². The van der Waals surface area contributed by atoms with Crippen molar-refractivity contribution in [2.75, 3.05) is 6.61 Å². The summed E-state index contributed by atoms with van der Waals surface area (Å²) in [5.74, 6) is 0.319. The van der Waals surface area contributed by atoms with Crippen LogP contribution in [0.25, 0.3) is 0 Å². The smallest absolute Gasteiger partial charge is 0.191 e. The largest absolute Gasteiger partial charge is 0.388 e. The number of carbonyl (C=O) groups is 1. The number of hydrogen-bond acceptors (Lipinski definition) is 4. The maximum atomic E-state index is 11.2. The number of aromatic nitrogens is 2. The molecule has 20 heavy (non-hydrogen) atoms. The predicted molar refractivity (Wildman–Crippen MR) is 76.9 cm³/mol. The summed E-state index contributed by atoms with van der Waals surface area (Å²) >= 11 is 6.09. The molecule has 0 aliphatic rings. The second kappa shape index (κ2) is 7.12. The van der Waals surface area contributed by atoms with Crippen LogP contribution in [0.1, 0.15) is 28.2 Å². The van der Waals surface area contributed by atoms with Crippen molar-refractivity contribution in [2.45, 2.75) is 19.3 Å². The second-order valence-corrected chi connectivity index (χ2v) is 4.82. The molecule has 2 rings (SSSR count). The zero-order chi connectivity index (χ0) is 14.4. The highest BCUT2D eigenvalue weighted by molar-refractivity contribution is 6.31. The molecule has 2 aromatic rings. The molecule has 104 valence electrons. The molecule has 0 atom stereocenters. The molecular formula is C15H15ClN2O2. The summed E-state index contributed by atoms with van der Waals surface area (Å²) in [4.78, 5) is 19.5. The maximum absolute atomic E-state index is 11.2. The van der Waals surface area contributed by atoms with Crippen LogP contribution in [0.3, 0.4) is 0 Å². The first-order valence-corrected chi connectivity index (χ1v) is 6.77. The van der Waals surface area contributed by atoms with E-state index in [-0.39, 0.29) is 5.78 Å². The summed E-state index contributed by atoms with van der Waals surface area (Å²) in [6, 6.07) is 7.76. The van der Waals surface area contributed by atoms with Gasteiger partial charge in [-0.3, -0.25) is 4.79 Å². The Balaban J connectivity index is 1.88. The van der Waals surface area contributed by atoms with E-state index in [1.165, 1.54) is 12.4 Å². The average molecular weight is 291 g/mol. The molecule has 1 heterocycles. The zero-order valence-corrected chi connectivity index (χ0v) is 11.7. The molecule has 0 bridgehead atoms. The van der Waals surface area contributed by atoms with Crippen molar-refractivity contribution in [3.05, 3.63) is 58.6 Å². The summed E-state index contributed by atoms with van der Waals surface area (Å²) in [5.41, 5.74) is 1.45. The van der Waals surface area contributed by atoms with Gasteiger partial charge in [-0.2, -0.15) is 0 Å². The van der Waals surface area contributed by atoms with Gasteiger partial charge in [0, 0.05) is 23.8 Å². The van der Waals surface area contributed by atoms with E-state index in [1.807, 2.05) is 24.3 Å². The van der Waals surface area contributed by atoms with E-state index in [1.54, 1.807) is 0 Å². The first kappa shape index (κ1) is 14.6. The van der Waals surface area contributed by atoms with Gasteiger partial charge in [0.2, 0.25) is 0 Å². The third-order valence-corrected chi connectivity index (χ3v) is 3.34. The van der Waals surface area contributed by atoms with Gasteiger partial charge >= 0.3 is 0 Å². The van der Waals surface area contributed by atoms with E-state index in [0.717, 1.165) is 29.8 Å². The fourth-order valence-corrected chi connectivity index (χ4v) is 2.09. The van der Waals surface area contributed by atoms with Crippen molar-refractivity contribution in [3.63, 3.8) is 0 Å². The Kier molecular flexibility index (Phi) is 5.21. The van der Waals surface area contributed by atoms with E-state index < -0.39 is 6.61 Å². The number of nitrogens with zero attached hydrogens (tertiary/aromatic N) is 2. The standard InChI is InChI=1S/C15H15ClN2O2/c16-13-6-2-1-4-11(13)5-3-7-15-17-8-12(9-18-15)14(20)10-19/h1-2,4,6,8-9,19H,3,5,7,10H2. The molecule has 0 radical (unpaired) electrons. The Hall–Kier alpha value is -1.78. The van der Waals surface area contributed by atoms with Gasteiger partial charge in [-0.15, -0.1) is 0 Å². The van der Waals surface area contributed by atoms with Gasteiger partial charge in [-0.1, -0.05) is 29.8 Å². The van der Waals surface area contributed by atoms with Crippen molar-refractivity contribution in [3.8, 4) is 0 Å². The Bertz CT molecular complexity index is 585. The topological polar surface area (TPSA) is 63.1 Å². The molecule has 1 aromatic carbocycles. The fourth-order valence-electron chi connectivity index (χ4n) is 1.86. The summed E-state index contributed by atoms with van der Waals surface area (Å²) < 4.78 is 0.